The number of methoxy groups -OCH3 is 1. The van der Waals surface area contributed by atoms with Gasteiger partial charge in [-0.3, -0.25) is 4.72 Å². The molecule has 0 aliphatic heterocycles. The van der Waals surface area contributed by atoms with Crippen LogP contribution >= 0.6 is 27.3 Å². The summed E-state index contributed by atoms with van der Waals surface area (Å²) in [5.41, 5.74) is 0.235. The van der Waals surface area contributed by atoms with Crippen LogP contribution in [0.1, 0.15) is 0 Å². The number of hydrogen-bond donors (Lipinski definition) is 1. The summed E-state index contributed by atoms with van der Waals surface area (Å²) in [5.74, 6) is -0.576. The standard InChI is InChI=1S/C11H9BrFNO3S2/c1-17-10-6-7(2-3-9(10)13)14-19(15,16)11-8(12)4-5-18-11/h2-6,14H,1H3. The molecule has 1 N–H and O–H groups in total. The van der Waals surface area contributed by atoms with Crippen LogP contribution in [0.2, 0.25) is 0 Å². The van der Waals surface area contributed by atoms with Crippen molar-refractivity contribution in [2.45, 2.75) is 4.21 Å². The number of halogens is 2. The van der Waals surface area contributed by atoms with Crippen molar-refractivity contribution in [1.82, 2.24) is 0 Å². The van der Waals surface area contributed by atoms with Gasteiger partial charge in [-0.15, -0.1) is 11.3 Å². The molecule has 8 heteroatoms. The van der Waals surface area contributed by atoms with Crippen LogP contribution in [0, 0.1) is 5.82 Å². The molecule has 4 nitrogen and oxygen atoms in total. The van der Waals surface area contributed by atoms with E-state index in [2.05, 4.69) is 20.7 Å². The first-order valence-electron chi connectivity index (χ1n) is 5.03. The van der Waals surface area contributed by atoms with Gasteiger partial charge in [-0.05, 0) is 39.5 Å². The van der Waals surface area contributed by atoms with Crippen molar-refractivity contribution < 1.29 is 17.5 Å². The molecule has 0 spiro atoms. The molecule has 1 aromatic carbocycles. The molecule has 0 saturated heterocycles. The maximum Gasteiger partial charge on any atom is 0.272 e. The minimum absolute atomic E-state index is 0.0227. The van der Waals surface area contributed by atoms with Gasteiger partial charge >= 0.3 is 0 Å². The summed E-state index contributed by atoms with van der Waals surface area (Å²) < 4.78 is 45.3. The zero-order valence-corrected chi connectivity index (χ0v) is 12.9. The Hall–Kier alpha value is -1.12. The molecule has 0 aliphatic rings. The average molecular weight is 366 g/mol. The molecule has 0 saturated carbocycles. The quantitative estimate of drug-likeness (QED) is 0.902. The van der Waals surface area contributed by atoms with Crippen LogP contribution in [-0.4, -0.2) is 15.5 Å². The van der Waals surface area contributed by atoms with E-state index in [0.29, 0.717) is 4.47 Å². The van der Waals surface area contributed by atoms with Gasteiger partial charge in [0.1, 0.15) is 0 Å². The topological polar surface area (TPSA) is 55.4 Å². The number of sulfonamides is 1. The number of hydrogen-bond acceptors (Lipinski definition) is 4. The lowest BCUT2D eigenvalue weighted by Crippen LogP contribution is -2.12. The Labute approximate surface area is 122 Å². The van der Waals surface area contributed by atoms with Crippen LogP contribution in [0.4, 0.5) is 10.1 Å². The second kappa shape index (κ2) is 5.48. The van der Waals surface area contributed by atoms with Gasteiger partial charge in [-0.2, -0.15) is 0 Å². The zero-order chi connectivity index (χ0) is 14.0. The Morgan fingerprint density at radius 2 is 2.11 bits per heavy atom. The Morgan fingerprint density at radius 3 is 2.68 bits per heavy atom. The molecule has 0 atom stereocenters. The highest BCUT2D eigenvalue weighted by atomic mass is 79.9. The van der Waals surface area contributed by atoms with Crippen LogP contribution in [0.3, 0.4) is 0 Å². The van der Waals surface area contributed by atoms with Gasteiger partial charge in [0.25, 0.3) is 10.0 Å². The van der Waals surface area contributed by atoms with Crippen LogP contribution in [0.5, 0.6) is 5.75 Å². The van der Waals surface area contributed by atoms with Crippen molar-refractivity contribution in [3.8, 4) is 5.75 Å². The fraction of sp³-hybridized carbons (Fsp3) is 0.0909. The minimum Gasteiger partial charge on any atom is -0.494 e. The molecule has 0 amide bonds. The first kappa shape index (κ1) is 14.3. The van der Waals surface area contributed by atoms with Gasteiger partial charge in [-0.1, -0.05) is 0 Å². The molecule has 1 heterocycles. The van der Waals surface area contributed by atoms with E-state index in [9.17, 15) is 12.8 Å². The molecule has 2 aromatic rings. The summed E-state index contributed by atoms with van der Waals surface area (Å²) in [5, 5.41) is 1.66. The largest absolute Gasteiger partial charge is 0.494 e. The van der Waals surface area contributed by atoms with Crippen molar-refractivity contribution in [3.05, 3.63) is 39.9 Å². The number of benzene rings is 1. The Balaban J connectivity index is 2.34. The number of nitrogens with one attached hydrogen (secondary N) is 1. The highest BCUT2D eigenvalue weighted by Crippen LogP contribution is 2.30. The summed E-state index contributed by atoms with van der Waals surface area (Å²) in [7, 11) is -2.38. The third-order valence-electron chi connectivity index (χ3n) is 2.23. The van der Waals surface area contributed by atoms with E-state index in [1.807, 2.05) is 0 Å². The molecule has 0 radical (unpaired) electrons. The molecule has 102 valence electrons. The Morgan fingerprint density at radius 1 is 1.37 bits per heavy atom. The van der Waals surface area contributed by atoms with Gasteiger partial charge in [0.2, 0.25) is 0 Å². The van der Waals surface area contributed by atoms with Crippen molar-refractivity contribution in [2.75, 3.05) is 11.8 Å². The number of anilines is 1. The van der Waals surface area contributed by atoms with E-state index in [1.54, 1.807) is 11.4 Å². The van der Waals surface area contributed by atoms with Crippen molar-refractivity contribution in [2.24, 2.45) is 0 Å². The van der Waals surface area contributed by atoms with Gasteiger partial charge in [0, 0.05) is 10.5 Å². The van der Waals surface area contributed by atoms with Crippen molar-refractivity contribution in [3.63, 3.8) is 0 Å². The summed E-state index contributed by atoms with van der Waals surface area (Å²) >= 11 is 4.25. The van der Waals surface area contributed by atoms with E-state index in [0.717, 1.165) is 17.4 Å². The maximum absolute atomic E-state index is 13.2. The van der Waals surface area contributed by atoms with Crippen LogP contribution < -0.4 is 9.46 Å². The van der Waals surface area contributed by atoms with Gasteiger partial charge in [0.15, 0.2) is 15.8 Å². The lowest BCUT2D eigenvalue weighted by Gasteiger charge is -2.09. The molecular weight excluding hydrogens is 357 g/mol. The first-order valence-corrected chi connectivity index (χ1v) is 8.19. The SMILES string of the molecule is COc1cc(NS(=O)(=O)c2sccc2Br)ccc1F. The van der Waals surface area contributed by atoms with Gasteiger partial charge in [0.05, 0.1) is 12.8 Å². The van der Waals surface area contributed by atoms with E-state index in [-0.39, 0.29) is 15.6 Å². The number of thiophene rings is 1. The third-order valence-corrected chi connectivity index (χ3v) is 6.28. The number of rotatable bonds is 4. The molecule has 1 aromatic heterocycles. The molecule has 0 fully saturated rings. The Kier molecular flexibility index (Phi) is 4.12. The monoisotopic (exact) mass is 365 g/mol. The molecule has 0 unspecified atom stereocenters. The van der Waals surface area contributed by atoms with Crippen LogP contribution in [-0.2, 0) is 10.0 Å². The van der Waals surface area contributed by atoms with E-state index >= 15 is 0 Å². The highest BCUT2D eigenvalue weighted by Gasteiger charge is 2.19. The normalized spacial score (nSPS) is 11.3. The van der Waals surface area contributed by atoms with E-state index in [4.69, 9.17) is 4.74 Å². The average Bonchev–Trinajstić information content (AvgIpc) is 2.78. The molecule has 0 bridgehead atoms. The molecule has 2 rings (SSSR count). The predicted molar refractivity (Wildman–Crippen MR) is 75.8 cm³/mol. The zero-order valence-electron chi connectivity index (χ0n) is 9.68. The van der Waals surface area contributed by atoms with Gasteiger partial charge < -0.3 is 4.74 Å². The highest BCUT2D eigenvalue weighted by molar-refractivity contribution is 9.10. The van der Waals surface area contributed by atoms with Crippen molar-refractivity contribution in [1.29, 1.82) is 0 Å². The smallest absolute Gasteiger partial charge is 0.272 e. The van der Waals surface area contributed by atoms with Crippen LogP contribution in [0.25, 0.3) is 0 Å². The summed E-state index contributed by atoms with van der Waals surface area (Å²) in [6.07, 6.45) is 0. The van der Waals surface area contributed by atoms with Crippen LogP contribution in [0.15, 0.2) is 38.3 Å². The first-order chi connectivity index (χ1) is 8.94. The number of ether oxygens (including phenoxy) is 1. The second-order valence-corrected chi connectivity index (χ2v) is 7.16. The summed E-state index contributed by atoms with van der Waals surface area (Å²) in [6.45, 7) is 0. The van der Waals surface area contributed by atoms with E-state index < -0.39 is 15.8 Å². The summed E-state index contributed by atoms with van der Waals surface area (Å²) in [4.78, 5) is 0. The fourth-order valence-corrected chi connectivity index (χ4v) is 4.78. The fourth-order valence-electron chi connectivity index (χ4n) is 1.40. The van der Waals surface area contributed by atoms with E-state index in [1.165, 1.54) is 19.2 Å². The predicted octanol–water partition coefficient (Wildman–Crippen LogP) is 3.46. The lowest BCUT2D eigenvalue weighted by atomic mass is 10.3. The molecule has 19 heavy (non-hydrogen) atoms. The second-order valence-electron chi connectivity index (χ2n) is 3.51. The molecule has 0 aliphatic carbocycles. The Bertz CT molecular complexity index is 700. The third kappa shape index (κ3) is 3.07. The molecular formula is C11H9BrFNO3S2. The maximum atomic E-state index is 13.2. The lowest BCUT2D eigenvalue weighted by molar-refractivity contribution is 0.387. The summed E-state index contributed by atoms with van der Waals surface area (Å²) in [6, 6.07) is 5.40. The minimum atomic E-state index is -3.69. The van der Waals surface area contributed by atoms with Crippen molar-refractivity contribution >= 4 is 43.0 Å². The van der Waals surface area contributed by atoms with Gasteiger partial charge in [-0.25, -0.2) is 12.8 Å².